The molecular formula is C18H22FN3O4. The van der Waals surface area contributed by atoms with Gasteiger partial charge in [-0.2, -0.15) is 0 Å². The van der Waals surface area contributed by atoms with E-state index in [-0.39, 0.29) is 12.3 Å². The smallest absolute Gasteiger partial charge is 0.325 e. The number of carbonyl (C=O) groups is 3. The van der Waals surface area contributed by atoms with Crippen LogP contribution in [0.4, 0.5) is 9.18 Å². The van der Waals surface area contributed by atoms with Crippen LogP contribution in [0.5, 0.6) is 0 Å². The minimum absolute atomic E-state index is 0.0118. The highest BCUT2D eigenvalue weighted by Gasteiger charge is 2.41. The number of nitrogens with zero attached hydrogens (tertiary/aromatic N) is 2. The number of rotatable bonds is 4. The van der Waals surface area contributed by atoms with Gasteiger partial charge in [0, 0.05) is 13.1 Å². The van der Waals surface area contributed by atoms with E-state index in [9.17, 15) is 18.8 Å². The number of morpholine rings is 1. The molecule has 0 spiro atoms. The first-order valence-corrected chi connectivity index (χ1v) is 8.75. The average Bonchev–Trinajstić information content (AvgIpc) is 2.64. The van der Waals surface area contributed by atoms with Gasteiger partial charge in [0.05, 0.1) is 25.7 Å². The lowest BCUT2D eigenvalue weighted by atomic mass is 9.99. The Bertz CT molecular complexity index is 687. The first-order valence-electron chi connectivity index (χ1n) is 8.75. The van der Waals surface area contributed by atoms with Gasteiger partial charge in [0.1, 0.15) is 11.9 Å². The number of benzene rings is 1. The summed E-state index contributed by atoms with van der Waals surface area (Å²) in [5.41, 5.74) is 0.527. The second-order valence-corrected chi connectivity index (χ2v) is 6.39. The van der Waals surface area contributed by atoms with Crippen molar-refractivity contribution in [1.82, 2.24) is 15.1 Å². The van der Waals surface area contributed by atoms with Gasteiger partial charge in [-0.15, -0.1) is 0 Å². The van der Waals surface area contributed by atoms with E-state index >= 15 is 0 Å². The Morgan fingerprint density at radius 1 is 1.35 bits per heavy atom. The molecule has 2 fully saturated rings. The summed E-state index contributed by atoms with van der Waals surface area (Å²) in [6, 6.07) is 3.73. The van der Waals surface area contributed by atoms with Crippen molar-refractivity contribution in [3.63, 3.8) is 0 Å². The Morgan fingerprint density at radius 2 is 2.08 bits per heavy atom. The number of nitrogens with one attached hydrogen (secondary N) is 1. The van der Waals surface area contributed by atoms with Crippen LogP contribution in [-0.4, -0.2) is 60.0 Å². The lowest BCUT2D eigenvalue weighted by Gasteiger charge is -2.38. The molecule has 2 heterocycles. The van der Waals surface area contributed by atoms with Crippen molar-refractivity contribution < 1.29 is 23.5 Å². The summed E-state index contributed by atoms with van der Waals surface area (Å²) in [6.07, 6.45) is 0.321. The number of hydrogen-bond donors (Lipinski definition) is 1. The standard InChI is InChI=1S/C18H22FN3O4/c1-2-15(17(24)21-6-8-26-9-7-21)22-16(23)11-14(20-18(22)25)12-4-3-5-13(19)10-12/h3-5,10,14-15H,2,6-9,11H2,1H3,(H,20,25). The number of urea groups is 1. The minimum Gasteiger partial charge on any atom is -0.378 e. The quantitative estimate of drug-likeness (QED) is 0.878. The van der Waals surface area contributed by atoms with Crippen molar-refractivity contribution in [2.24, 2.45) is 0 Å². The third-order valence-corrected chi connectivity index (χ3v) is 4.72. The van der Waals surface area contributed by atoms with Crippen molar-refractivity contribution >= 4 is 17.8 Å². The fourth-order valence-corrected chi connectivity index (χ4v) is 3.36. The van der Waals surface area contributed by atoms with Gasteiger partial charge >= 0.3 is 6.03 Å². The third kappa shape index (κ3) is 3.70. The van der Waals surface area contributed by atoms with Crippen molar-refractivity contribution in [1.29, 1.82) is 0 Å². The zero-order chi connectivity index (χ0) is 18.7. The molecule has 2 unspecified atom stereocenters. The topological polar surface area (TPSA) is 79.0 Å². The molecule has 1 aromatic carbocycles. The molecule has 2 aliphatic heterocycles. The second-order valence-electron chi connectivity index (χ2n) is 6.39. The van der Waals surface area contributed by atoms with Gasteiger partial charge in [-0.25, -0.2) is 9.18 Å². The van der Waals surface area contributed by atoms with Crippen LogP contribution in [0.3, 0.4) is 0 Å². The minimum atomic E-state index is -0.839. The Kier molecular flexibility index (Phi) is 5.51. The Labute approximate surface area is 151 Å². The van der Waals surface area contributed by atoms with Crippen LogP contribution in [-0.2, 0) is 14.3 Å². The maximum Gasteiger partial charge on any atom is 0.325 e. The average molecular weight is 363 g/mol. The molecule has 2 atom stereocenters. The van der Waals surface area contributed by atoms with Crippen LogP contribution in [0.25, 0.3) is 0 Å². The molecule has 0 saturated carbocycles. The predicted molar refractivity (Wildman–Crippen MR) is 90.6 cm³/mol. The molecule has 0 radical (unpaired) electrons. The molecular weight excluding hydrogens is 341 g/mol. The predicted octanol–water partition coefficient (Wildman–Crippen LogP) is 1.45. The maximum atomic E-state index is 13.4. The van der Waals surface area contributed by atoms with E-state index in [1.807, 2.05) is 0 Å². The monoisotopic (exact) mass is 363 g/mol. The van der Waals surface area contributed by atoms with Gasteiger partial charge in [0.25, 0.3) is 0 Å². The van der Waals surface area contributed by atoms with Crippen molar-refractivity contribution in [3.8, 4) is 0 Å². The normalized spacial score (nSPS) is 22.2. The van der Waals surface area contributed by atoms with E-state index in [0.717, 1.165) is 4.90 Å². The molecule has 8 heteroatoms. The highest BCUT2D eigenvalue weighted by atomic mass is 19.1. The maximum absolute atomic E-state index is 13.4. The zero-order valence-electron chi connectivity index (χ0n) is 14.6. The Morgan fingerprint density at radius 3 is 2.69 bits per heavy atom. The van der Waals surface area contributed by atoms with E-state index in [1.54, 1.807) is 17.9 Å². The van der Waals surface area contributed by atoms with E-state index < -0.39 is 29.8 Å². The van der Waals surface area contributed by atoms with Crippen LogP contribution >= 0.6 is 0 Å². The third-order valence-electron chi connectivity index (χ3n) is 4.72. The second kappa shape index (κ2) is 7.82. The molecule has 140 valence electrons. The molecule has 1 N–H and O–H groups in total. The summed E-state index contributed by atoms with van der Waals surface area (Å²) in [7, 11) is 0. The lowest BCUT2D eigenvalue weighted by Crippen LogP contribution is -2.60. The van der Waals surface area contributed by atoms with Gasteiger partial charge in [0.15, 0.2) is 0 Å². The first kappa shape index (κ1) is 18.3. The zero-order valence-corrected chi connectivity index (χ0v) is 14.6. The summed E-state index contributed by atoms with van der Waals surface area (Å²) in [4.78, 5) is 40.6. The molecule has 7 nitrogen and oxygen atoms in total. The largest absolute Gasteiger partial charge is 0.378 e. The van der Waals surface area contributed by atoms with Gasteiger partial charge in [0.2, 0.25) is 11.8 Å². The van der Waals surface area contributed by atoms with Crippen LogP contribution in [0.1, 0.15) is 31.4 Å². The van der Waals surface area contributed by atoms with Crippen LogP contribution < -0.4 is 5.32 Å². The number of ether oxygens (including phenoxy) is 1. The summed E-state index contributed by atoms with van der Waals surface area (Å²) in [6.45, 7) is 3.56. The number of imide groups is 1. The molecule has 26 heavy (non-hydrogen) atoms. The van der Waals surface area contributed by atoms with E-state index in [4.69, 9.17) is 4.74 Å². The first-order chi connectivity index (χ1) is 12.5. The lowest BCUT2D eigenvalue weighted by molar-refractivity contribution is -0.147. The Balaban J connectivity index is 1.75. The molecule has 3 rings (SSSR count). The molecule has 0 aromatic heterocycles. The van der Waals surface area contributed by atoms with Crippen molar-refractivity contribution in [2.45, 2.75) is 31.8 Å². The summed E-state index contributed by atoms with van der Waals surface area (Å²) >= 11 is 0. The van der Waals surface area contributed by atoms with E-state index in [1.165, 1.54) is 18.2 Å². The summed E-state index contributed by atoms with van der Waals surface area (Å²) in [5, 5.41) is 2.72. The van der Waals surface area contributed by atoms with Gasteiger partial charge in [-0.3, -0.25) is 14.5 Å². The number of carbonyl (C=O) groups excluding carboxylic acids is 3. The number of halogens is 1. The van der Waals surface area contributed by atoms with Crippen LogP contribution in [0.15, 0.2) is 24.3 Å². The highest BCUT2D eigenvalue weighted by Crippen LogP contribution is 2.25. The van der Waals surface area contributed by atoms with Crippen LogP contribution in [0.2, 0.25) is 0 Å². The van der Waals surface area contributed by atoms with E-state index in [0.29, 0.717) is 38.3 Å². The molecule has 1 aromatic rings. The fourth-order valence-electron chi connectivity index (χ4n) is 3.36. The van der Waals surface area contributed by atoms with E-state index in [2.05, 4.69) is 5.32 Å². The van der Waals surface area contributed by atoms with Crippen LogP contribution in [0, 0.1) is 5.82 Å². The molecule has 2 saturated heterocycles. The SMILES string of the molecule is CCC(C(=O)N1CCOCC1)N1C(=O)CC(c2cccc(F)c2)NC1=O. The fraction of sp³-hybridized carbons (Fsp3) is 0.500. The number of hydrogen-bond acceptors (Lipinski definition) is 4. The molecule has 0 aliphatic carbocycles. The molecule has 2 aliphatic rings. The molecule has 4 amide bonds. The summed E-state index contributed by atoms with van der Waals surface area (Å²) < 4.78 is 18.7. The van der Waals surface area contributed by atoms with Gasteiger partial charge < -0.3 is 15.0 Å². The summed E-state index contributed by atoms with van der Waals surface area (Å²) in [5.74, 6) is -1.11. The van der Waals surface area contributed by atoms with Crippen molar-refractivity contribution in [2.75, 3.05) is 26.3 Å². The highest BCUT2D eigenvalue weighted by molar-refractivity contribution is 6.02. The Hall–Kier alpha value is -2.48. The van der Waals surface area contributed by atoms with Gasteiger partial charge in [-0.05, 0) is 24.1 Å². The molecule has 0 bridgehead atoms. The van der Waals surface area contributed by atoms with Crippen molar-refractivity contribution in [3.05, 3.63) is 35.6 Å². The van der Waals surface area contributed by atoms with Gasteiger partial charge in [-0.1, -0.05) is 19.1 Å². The number of amides is 4.